The van der Waals surface area contributed by atoms with Gasteiger partial charge in [-0.15, -0.1) is 0 Å². The molecule has 0 aliphatic carbocycles. The maximum atomic E-state index is 8.26. The van der Waals surface area contributed by atoms with Gasteiger partial charge >= 0.3 is 0 Å². The minimum atomic E-state index is 0.497. The molecule has 0 heterocycles. The van der Waals surface area contributed by atoms with Gasteiger partial charge in [0.15, 0.2) is 0 Å². The van der Waals surface area contributed by atoms with E-state index in [9.17, 15) is 0 Å². The summed E-state index contributed by atoms with van der Waals surface area (Å²) in [6.07, 6.45) is 3.06. The van der Waals surface area contributed by atoms with Gasteiger partial charge in [-0.2, -0.15) is 5.26 Å². The summed E-state index contributed by atoms with van der Waals surface area (Å²) in [6, 6.07) is 7.09. The smallest absolute Gasteiger partial charge is 0.0912 e. The van der Waals surface area contributed by atoms with E-state index in [-0.39, 0.29) is 0 Å². The normalized spacial score (nSPS) is 10.1. The molecule has 0 saturated carbocycles. The van der Waals surface area contributed by atoms with Crippen LogP contribution in [0.25, 0.3) is 6.08 Å². The van der Waals surface area contributed by atoms with Crippen molar-refractivity contribution in [2.45, 2.75) is 0 Å². The van der Waals surface area contributed by atoms with Crippen LogP contribution < -0.4 is 0 Å². The van der Waals surface area contributed by atoms with Crippen LogP contribution in [0.1, 0.15) is 5.56 Å². The molecule has 0 bridgehead atoms. The number of allylic oxidation sites excluding steroid dienone is 1. The molecule has 1 aromatic carbocycles. The lowest BCUT2D eigenvalue weighted by atomic mass is 10.2. The molecular formula is C9H5Cl2N. The highest BCUT2D eigenvalue weighted by molar-refractivity contribution is 6.42. The fourth-order valence-electron chi connectivity index (χ4n) is 0.750. The van der Waals surface area contributed by atoms with Crippen molar-refractivity contribution in [3.63, 3.8) is 0 Å². The summed E-state index contributed by atoms with van der Waals surface area (Å²) in [4.78, 5) is 0. The third kappa shape index (κ3) is 2.27. The standard InChI is InChI=1S/C9H5Cl2N/c10-8-4-3-7(2-1-5-12)6-9(8)11/h1-4,6H/b2-1+. The molecule has 60 valence electrons. The average Bonchev–Trinajstić information content (AvgIpc) is 2.07. The van der Waals surface area contributed by atoms with E-state index < -0.39 is 0 Å². The third-order valence-corrected chi connectivity index (χ3v) is 2.03. The minimum absolute atomic E-state index is 0.497. The van der Waals surface area contributed by atoms with Gasteiger partial charge in [0.1, 0.15) is 0 Å². The molecule has 0 aliphatic heterocycles. The van der Waals surface area contributed by atoms with Gasteiger partial charge in [-0.3, -0.25) is 0 Å². The van der Waals surface area contributed by atoms with E-state index in [2.05, 4.69) is 0 Å². The molecular weight excluding hydrogens is 193 g/mol. The molecule has 0 saturated heterocycles. The Labute approximate surface area is 80.8 Å². The highest BCUT2D eigenvalue weighted by Crippen LogP contribution is 2.22. The lowest BCUT2D eigenvalue weighted by Crippen LogP contribution is -1.72. The Bertz CT molecular complexity index is 350. The summed E-state index contributed by atoms with van der Waals surface area (Å²) in [6.45, 7) is 0. The van der Waals surface area contributed by atoms with Gasteiger partial charge in [0, 0.05) is 6.08 Å². The van der Waals surface area contributed by atoms with Gasteiger partial charge in [-0.05, 0) is 23.8 Å². The van der Waals surface area contributed by atoms with Crippen LogP contribution in [0.15, 0.2) is 24.3 Å². The fourth-order valence-corrected chi connectivity index (χ4v) is 1.06. The van der Waals surface area contributed by atoms with E-state index in [4.69, 9.17) is 28.5 Å². The quantitative estimate of drug-likeness (QED) is 0.633. The molecule has 0 atom stereocenters. The Kier molecular flexibility index (Phi) is 3.16. The number of rotatable bonds is 1. The van der Waals surface area contributed by atoms with E-state index in [0.29, 0.717) is 10.0 Å². The molecule has 1 rings (SSSR count). The lowest BCUT2D eigenvalue weighted by molar-refractivity contribution is 1.54. The molecule has 0 N–H and O–H groups in total. The Balaban J connectivity index is 2.99. The first-order chi connectivity index (χ1) is 5.74. The summed E-state index contributed by atoms with van der Waals surface area (Å²) >= 11 is 11.4. The maximum Gasteiger partial charge on any atom is 0.0912 e. The third-order valence-electron chi connectivity index (χ3n) is 1.29. The van der Waals surface area contributed by atoms with Gasteiger partial charge in [-0.25, -0.2) is 0 Å². The van der Waals surface area contributed by atoms with Gasteiger partial charge in [0.25, 0.3) is 0 Å². The highest BCUT2D eigenvalue weighted by atomic mass is 35.5. The summed E-state index contributed by atoms with van der Waals surface area (Å²) in [5.74, 6) is 0. The van der Waals surface area contributed by atoms with Crippen molar-refractivity contribution < 1.29 is 0 Å². The van der Waals surface area contributed by atoms with E-state index in [1.807, 2.05) is 6.07 Å². The molecule has 1 aromatic rings. The number of hydrogen-bond acceptors (Lipinski definition) is 1. The fraction of sp³-hybridized carbons (Fsp3) is 0. The summed E-state index contributed by atoms with van der Waals surface area (Å²) in [7, 11) is 0. The maximum absolute atomic E-state index is 8.26. The van der Waals surface area contributed by atoms with E-state index >= 15 is 0 Å². The molecule has 0 unspecified atom stereocenters. The largest absolute Gasteiger partial charge is 0.193 e. The van der Waals surface area contributed by atoms with Crippen molar-refractivity contribution >= 4 is 29.3 Å². The van der Waals surface area contributed by atoms with Crippen molar-refractivity contribution in [3.05, 3.63) is 39.9 Å². The van der Waals surface area contributed by atoms with E-state index in [1.54, 1.807) is 24.3 Å². The molecule has 0 fully saturated rings. The molecule has 1 nitrogen and oxygen atoms in total. The van der Waals surface area contributed by atoms with Crippen molar-refractivity contribution in [2.24, 2.45) is 0 Å². The monoisotopic (exact) mass is 197 g/mol. The molecule has 0 spiro atoms. The SMILES string of the molecule is N#C/C=C/c1ccc(Cl)c(Cl)c1. The molecule has 12 heavy (non-hydrogen) atoms. The Morgan fingerprint density at radius 3 is 2.58 bits per heavy atom. The van der Waals surface area contributed by atoms with Crippen LogP contribution >= 0.6 is 23.2 Å². The van der Waals surface area contributed by atoms with Crippen molar-refractivity contribution in [3.8, 4) is 6.07 Å². The van der Waals surface area contributed by atoms with Crippen LogP contribution in [0, 0.1) is 11.3 Å². The Morgan fingerprint density at radius 1 is 1.25 bits per heavy atom. The van der Waals surface area contributed by atoms with E-state index in [0.717, 1.165) is 5.56 Å². The zero-order valence-corrected chi connectivity index (χ0v) is 7.60. The zero-order chi connectivity index (χ0) is 8.97. The van der Waals surface area contributed by atoms with Crippen LogP contribution in [0.2, 0.25) is 10.0 Å². The highest BCUT2D eigenvalue weighted by Gasteiger charge is 1.95. The second-order valence-corrected chi connectivity index (χ2v) is 2.95. The van der Waals surface area contributed by atoms with Crippen LogP contribution in [-0.2, 0) is 0 Å². The first-order valence-electron chi connectivity index (χ1n) is 3.25. The summed E-state index contributed by atoms with van der Waals surface area (Å²) < 4.78 is 0. The first-order valence-corrected chi connectivity index (χ1v) is 4.01. The van der Waals surface area contributed by atoms with E-state index in [1.165, 1.54) is 6.08 Å². The molecule has 0 radical (unpaired) electrons. The summed E-state index contributed by atoms with van der Waals surface area (Å²) in [5, 5.41) is 9.27. The number of hydrogen-bond donors (Lipinski definition) is 0. The van der Waals surface area contributed by atoms with Gasteiger partial charge in [-0.1, -0.05) is 29.3 Å². The van der Waals surface area contributed by atoms with Crippen LogP contribution in [0.4, 0.5) is 0 Å². The Morgan fingerprint density at radius 2 is 2.00 bits per heavy atom. The number of nitrogens with zero attached hydrogens (tertiary/aromatic N) is 1. The average molecular weight is 198 g/mol. The van der Waals surface area contributed by atoms with Crippen molar-refractivity contribution in [1.82, 2.24) is 0 Å². The van der Waals surface area contributed by atoms with Crippen LogP contribution in [-0.4, -0.2) is 0 Å². The van der Waals surface area contributed by atoms with Crippen molar-refractivity contribution in [1.29, 1.82) is 5.26 Å². The Hall–Kier alpha value is -0.970. The number of halogens is 2. The lowest BCUT2D eigenvalue weighted by Gasteiger charge is -1.95. The van der Waals surface area contributed by atoms with Gasteiger partial charge in [0.2, 0.25) is 0 Å². The molecule has 3 heteroatoms. The van der Waals surface area contributed by atoms with Gasteiger partial charge < -0.3 is 0 Å². The topological polar surface area (TPSA) is 23.8 Å². The second-order valence-electron chi connectivity index (χ2n) is 2.14. The van der Waals surface area contributed by atoms with Crippen LogP contribution in [0.5, 0.6) is 0 Å². The predicted octanol–water partition coefficient (Wildman–Crippen LogP) is 3.53. The predicted molar refractivity (Wildman–Crippen MR) is 51.1 cm³/mol. The summed E-state index contributed by atoms with van der Waals surface area (Å²) in [5.41, 5.74) is 0.867. The zero-order valence-electron chi connectivity index (χ0n) is 6.09. The van der Waals surface area contributed by atoms with Gasteiger partial charge in [0.05, 0.1) is 16.1 Å². The minimum Gasteiger partial charge on any atom is -0.193 e. The first kappa shape index (κ1) is 9.12. The number of benzene rings is 1. The van der Waals surface area contributed by atoms with Crippen LogP contribution in [0.3, 0.4) is 0 Å². The second kappa shape index (κ2) is 4.15. The molecule has 0 aromatic heterocycles. The molecule has 0 aliphatic rings. The number of nitriles is 1. The molecule has 0 amide bonds. The van der Waals surface area contributed by atoms with Crippen molar-refractivity contribution in [2.75, 3.05) is 0 Å².